The molecule has 0 saturated carbocycles. The summed E-state index contributed by atoms with van der Waals surface area (Å²) in [6, 6.07) is 24.0. The van der Waals surface area contributed by atoms with Crippen molar-refractivity contribution in [3.63, 3.8) is 0 Å². The Bertz CT molecular complexity index is 1990. The van der Waals surface area contributed by atoms with E-state index in [1.807, 2.05) is 73.6 Å². The average Bonchev–Trinajstić information content (AvgIpc) is 3.74. The van der Waals surface area contributed by atoms with E-state index in [0.29, 0.717) is 36.0 Å². The molecule has 1 aliphatic heterocycles. The summed E-state index contributed by atoms with van der Waals surface area (Å²) in [5.74, 6) is 0.587. The van der Waals surface area contributed by atoms with E-state index in [9.17, 15) is 14.0 Å². The van der Waals surface area contributed by atoms with Gasteiger partial charge in [0.15, 0.2) is 5.16 Å². The fourth-order valence-corrected chi connectivity index (χ4v) is 8.13. The molecular weight excluding hydrogens is 710 g/mol. The van der Waals surface area contributed by atoms with Gasteiger partial charge in [0.25, 0.3) is 5.56 Å². The topological polar surface area (TPSA) is 76.9 Å². The lowest BCUT2D eigenvalue weighted by atomic mass is 9.79. The molecule has 0 bridgehead atoms. The molecule has 1 aliphatic carbocycles. The normalized spacial score (nSPS) is 16.1. The molecule has 2 heterocycles. The van der Waals surface area contributed by atoms with Crippen molar-refractivity contribution in [1.29, 1.82) is 0 Å². The minimum atomic E-state index is -1.39. The first-order valence-electron chi connectivity index (χ1n) is 19.7. The summed E-state index contributed by atoms with van der Waals surface area (Å²) in [4.78, 5) is 36.4. The lowest BCUT2D eigenvalue weighted by Gasteiger charge is -2.32. The zero-order chi connectivity index (χ0) is 39.5. The fraction of sp³-hybridized carbons (Fsp3) is 0.477. The van der Waals surface area contributed by atoms with E-state index in [4.69, 9.17) is 9.31 Å². The van der Waals surface area contributed by atoms with Crippen LogP contribution in [0.4, 0.5) is 4.39 Å². The summed E-state index contributed by atoms with van der Waals surface area (Å²) in [5.41, 5.74) is 5.02. The maximum atomic E-state index is 14.4. The molecule has 6 rings (SSSR count). The highest BCUT2D eigenvalue weighted by Crippen LogP contribution is 2.36. The number of hydrogen-bond donors (Lipinski definition) is 0. The van der Waals surface area contributed by atoms with Crippen molar-refractivity contribution < 1.29 is 18.5 Å². The van der Waals surface area contributed by atoms with Gasteiger partial charge in [-0.3, -0.25) is 9.59 Å². The molecule has 1 saturated heterocycles. The monoisotopic (exact) mass is 766 g/mol. The third-order valence-corrected chi connectivity index (χ3v) is 12.6. The number of amides is 1. The second kappa shape index (κ2) is 16.8. The Morgan fingerprint density at radius 1 is 0.873 bits per heavy atom. The fourth-order valence-electron chi connectivity index (χ4n) is 7.17. The summed E-state index contributed by atoms with van der Waals surface area (Å²) in [7, 11) is -0.433. The number of benzene rings is 3. The van der Waals surface area contributed by atoms with Crippen molar-refractivity contribution in [3.05, 3.63) is 111 Å². The number of halogens is 1. The smallest absolute Gasteiger partial charge is 0.399 e. The SMILES string of the molecule is CCN(CC)CCN(Cc1ccc(-c2ccc(C(C)(C)F)cc2)cc1)C(=O)Cn1c(SCc2ccc(B3OC(C)(C)C(C)(C)O3)cc2)nc(=O)c2c1CCC2. The van der Waals surface area contributed by atoms with Gasteiger partial charge in [0.2, 0.25) is 5.91 Å². The first-order valence-corrected chi connectivity index (χ1v) is 20.7. The van der Waals surface area contributed by atoms with Crippen molar-refractivity contribution in [2.24, 2.45) is 0 Å². The Hall–Kier alpha value is -3.77. The number of aromatic nitrogens is 2. The molecule has 8 nitrogen and oxygen atoms in total. The molecule has 11 heteroatoms. The molecule has 1 fully saturated rings. The van der Waals surface area contributed by atoms with E-state index in [2.05, 4.69) is 60.1 Å². The number of alkyl halides is 1. The molecule has 2 aliphatic rings. The maximum absolute atomic E-state index is 14.4. The minimum absolute atomic E-state index is 0.00572. The molecule has 0 spiro atoms. The number of hydrogen-bond acceptors (Lipinski definition) is 7. The summed E-state index contributed by atoms with van der Waals surface area (Å²) in [5, 5.41) is 0.573. The number of likely N-dealkylation sites (N-methyl/N-ethyl adjacent to an activating group) is 1. The molecule has 55 heavy (non-hydrogen) atoms. The molecule has 0 radical (unpaired) electrons. The van der Waals surface area contributed by atoms with Gasteiger partial charge in [-0.05, 0) is 107 Å². The van der Waals surface area contributed by atoms with E-state index in [1.54, 1.807) is 13.8 Å². The molecule has 4 aromatic rings. The Balaban J connectivity index is 1.20. The van der Waals surface area contributed by atoms with Crippen LogP contribution in [0.1, 0.15) is 89.8 Å². The van der Waals surface area contributed by atoms with Crippen molar-refractivity contribution in [1.82, 2.24) is 19.4 Å². The van der Waals surface area contributed by atoms with E-state index < -0.39 is 24.0 Å². The number of nitrogens with zero attached hydrogens (tertiary/aromatic N) is 4. The molecule has 1 amide bonds. The first kappa shape index (κ1) is 40.9. The molecular formula is C44H56BFN4O4S. The van der Waals surface area contributed by atoms with Gasteiger partial charge in [0.1, 0.15) is 12.2 Å². The van der Waals surface area contributed by atoms with Crippen molar-refractivity contribution in [2.45, 2.75) is 116 Å². The number of carbonyl (C=O) groups is 1. The first-order chi connectivity index (χ1) is 26.1. The minimum Gasteiger partial charge on any atom is -0.399 e. The second-order valence-corrected chi connectivity index (χ2v) is 17.2. The highest BCUT2D eigenvalue weighted by atomic mass is 32.2. The van der Waals surface area contributed by atoms with Crippen LogP contribution in [0.25, 0.3) is 11.1 Å². The summed E-state index contributed by atoms with van der Waals surface area (Å²) < 4.78 is 28.9. The van der Waals surface area contributed by atoms with Gasteiger partial charge in [-0.25, -0.2) is 4.39 Å². The van der Waals surface area contributed by atoms with Gasteiger partial charge in [-0.15, -0.1) is 0 Å². The van der Waals surface area contributed by atoms with E-state index >= 15 is 0 Å². The van der Waals surface area contributed by atoms with Crippen LogP contribution in [0.3, 0.4) is 0 Å². The maximum Gasteiger partial charge on any atom is 0.494 e. The van der Waals surface area contributed by atoms with Crippen molar-refractivity contribution in [2.75, 3.05) is 26.2 Å². The molecule has 0 N–H and O–H groups in total. The van der Waals surface area contributed by atoms with Gasteiger partial charge >= 0.3 is 7.12 Å². The Morgan fingerprint density at radius 2 is 1.45 bits per heavy atom. The summed E-state index contributed by atoms with van der Waals surface area (Å²) in [6.07, 6.45) is 2.32. The van der Waals surface area contributed by atoms with Crippen LogP contribution in [-0.2, 0) is 51.5 Å². The second-order valence-electron chi connectivity index (χ2n) is 16.3. The van der Waals surface area contributed by atoms with Gasteiger partial charge in [-0.2, -0.15) is 4.98 Å². The van der Waals surface area contributed by atoms with Crippen LogP contribution in [0, 0.1) is 0 Å². The number of rotatable bonds is 15. The largest absolute Gasteiger partial charge is 0.494 e. The number of carbonyl (C=O) groups excluding carboxylic acids is 1. The Morgan fingerprint density at radius 3 is 2.04 bits per heavy atom. The third kappa shape index (κ3) is 9.45. The summed E-state index contributed by atoms with van der Waals surface area (Å²) >= 11 is 1.49. The van der Waals surface area contributed by atoms with E-state index in [0.717, 1.165) is 71.4 Å². The van der Waals surface area contributed by atoms with Crippen LogP contribution in [-0.4, -0.2) is 69.8 Å². The van der Waals surface area contributed by atoms with Crippen LogP contribution >= 0.6 is 11.8 Å². The number of thioether (sulfide) groups is 1. The molecule has 0 atom stereocenters. The van der Waals surface area contributed by atoms with Gasteiger partial charge in [-0.1, -0.05) is 98.4 Å². The van der Waals surface area contributed by atoms with Crippen molar-refractivity contribution >= 4 is 30.3 Å². The predicted molar refractivity (Wildman–Crippen MR) is 221 cm³/mol. The Kier molecular flexibility index (Phi) is 12.5. The zero-order valence-electron chi connectivity index (χ0n) is 33.8. The summed E-state index contributed by atoms with van der Waals surface area (Å²) in [6.45, 7) is 19.3. The quantitative estimate of drug-likeness (QED) is 0.0703. The van der Waals surface area contributed by atoms with E-state index in [1.165, 1.54) is 11.8 Å². The van der Waals surface area contributed by atoms with Crippen LogP contribution in [0.15, 0.2) is 82.7 Å². The Labute approximate surface area is 331 Å². The van der Waals surface area contributed by atoms with Crippen LogP contribution < -0.4 is 11.0 Å². The molecule has 0 unspecified atom stereocenters. The highest BCUT2D eigenvalue weighted by Gasteiger charge is 2.51. The highest BCUT2D eigenvalue weighted by molar-refractivity contribution is 7.98. The van der Waals surface area contributed by atoms with Crippen molar-refractivity contribution in [3.8, 4) is 11.1 Å². The van der Waals surface area contributed by atoms with Gasteiger partial charge in [0, 0.05) is 36.6 Å². The van der Waals surface area contributed by atoms with Gasteiger partial charge < -0.3 is 23.7 Å². The van der Waals surface area contributed by atoms with Gasteiger partial charge in [0.05, 0.1) is 11.2 Å². The lowest BCUT2D eigenvalue weighted by Crippen LogP contribution is -2.41. The standard InChI is InChI=1S/C44H56BFN4O4S/c1-9-48(10-2)26-27-49(28-31-14-18-33(19-15-31)34-20-22-35(23-21-34)42(3,4)46)39(51)29-50-38-13-11-12-37(38)40(52)47-41(50)55-30-32-16-24-36(25-17-32)45-53-43(5,6)44(7,8)54-45/h14-25H,9-13,26-30H2,1-8H3. The third-order valence-electron chi connectivity index (χ3n) is 11.5. The predicted octanol–water partition coefficient (Wildman–Crippen LogP) is 7.57. The zero-order valence-corrected chi connectivity index (χ0v) is 34.6. The average molecular weight is 767 g/mol. The lowest BCUT2D eigenvalue weighted by molar-refractivity contribution is -0.132. The molecule has 1 aromatic heterocycles. The van der Waals surface area contributed by atoms with Crippen LogP contribution in [0.2, 0.25) is 0 Å². The molecule has 3 aromatic carbocycles. The number of fused-ring (bicyclic) bond motifs is 1. The van der Waals surface area contributed by atoms with Crippen LogP contribution in [0.5, 0.6) is 0 Å². The van der Waals surface area contributed by atoms with E-state index in [-0.39, 0.29) is 18.0 Å². The molecule has 292 valence electrons.